The molecule has 2 aromatic carbocycles. The maximum atomic E-state index is 13.4. The molecule has 2 N–H and O–H groups in total. The van der Waals surface area contributed by atoms with Crippen LogP contribution in [0.15, 0.2) is 54.6 Å². The number of amides is 1. The van der Waals surface area contributed by atoms with E-state index in [4.69, 9.17) is 21.1 Å². The molecule has 2 heterocycles. The molecule has 39 heavy (non-hydrogen) atoms. The van der Waals surface area contributed by atoms with Crippen LogP contribution in [0, 0.1) is 13.8 Å². The Labute approximate surface area is 232 Å². The SMILES string of the molecule is COc1cc(C(=O)Nc2nc(C)c([C@H](OC(C)(C)C)C(=O)O)c(-c3ccc(Cl)cc3)c2C)nc2ccccc12. The number of halogens is 1. The fraction of sp³-hybridized carbons (Fsp3) is 0.267. The molecule has 8 nitrogen and oxygen atoms in total. The van der Waals surface area contributed by atoms with Crippen molar-refractivity contribution in [2.45, 2.75) is 46.3 Å². The number of anilines is 1. The molecule has 0 aliphatic heterocycles. The number of rotatable bonds is 7. The fourth-order valence-electron chi connectivity index (χ4n) is 4.43. The van der Waals surface area contributed by atoms with Crippen molar-refractivity contribution in [3.8, 4) is 16.9 Å². The summed E-state index contributed by atoms with van der Waals surface area (Å²) >= 11 is 6.14. The van der Waals surface area contributed by atoms with Crippen LogP contribution in [0.1, 0.15) is 54.2 Å². The number of hydrogen-bond donors (Lipinski definition) is 2. The third-order valence-corrected chi connectivity index (χ3v) is 6.37. The summed E-state index contributed by atoms with van der Waals surface area (Å²) in [6, 6.07) is 16.0. The second kappa shape index (κ2) is 11.0. The average molecular weight is 548 g/mol. The Morgan fingerprint density at radius 3 is 2.31 bits per heavy atom. The first-order valence-electron chi connectivity index (χ1n) is 12.3. The van der Waals surface area contributed by atoms with E-state index in [0.29, 0.717) is 44.2 Å². The number of nitrogens with one attached hydrogen (secondary N) is 1. The molecule has 4 aromatic rings. The molecule has 0 spiro atoms. The first-order chi connectivity index (χ1) is 18.4. The zero-order chi connectivity index (χ0) is 28.5. The lowest BCUT2D eigenvalue weighted by molar-refractivity contribution is -0.160. The fourth-order valence-corrected chi connectivity index (χ4v) is 4.56. The number of aromatic nitrogens is 2. The third-order valence-electron chi connectivity index (χ3n) is 6.12. The smallest absolute Gasteiger partial charge is 0.337 e. The lowest BCUT2D eigenvalue weighted by atomic mass is 9.91. The predicted octanol–water partition coefficient (Wildman–Crippen LogP) is 6.77. The van der Waals surface area contributed by atoms with Crippen molar-refractivity contribution in [3.63, 3.8) is 0 Å². The Balaban J connectivity index is 1.86. The molecule has 202 valence electrons. The number of fused-ring (bicyclic) bond motifs is 1. The zero-order valence-corrected chi connectivity index (χ0v) is 23.4. The van der Waals surface area contributed by atoms with E-state index in [0.717, 1.165) is 5.39 Å². The molecule has 0 unspecified atom stereocenters. The number of benzene rings is 2. The van der Waals surface area contributed by atoms with Crippen LogP contribution in [0.3, 0.4) is 0 Å². The lowest BCUT2D eigenvalue weighted by Crippen LogP contribution is -2.29. The van der Waals surface area contributed by atoms with Crippen LogP contribution in [0.4, 0.5) is 5.82 Å². The van der Waals surface area contributed by atoms with Gasteiger partial charge in [0.2, 0.25) is 0 Å². The van der Waals surface area contributed by atoms with Crippen molar-refractivity contribution in [2.75, 3.05) is 12.4 Å². The van der Waals surface area contributed by atoms with Crippen molar-refractivity contribution in [1.82, 2.24) is 9.97 Å². The zero-order valence-electron chi connectivity index (χ0n) is 22.6. The van der Waals surface area contributed by atoms with E-state index in [2.05, 4.69) is 15.3 Å². The molecule has 4 rings (SSSR count). The first kappa shape index (κ1) is 28.0. The average Bonchev–Trinajstić information content (AvgIpc) is 2.88. The van der Waals surface area contributed by atoms with Crippen LogP contribution >= 0.6 is 11.6 Å². The number of carbonyl (C=O) groups excluding carboxylic acids is 1. The Hall–Kier alpha value is -4.01. The van der Waals surface area contributed by atoms with E-state index in [9.17, 15) is 14.7 Å². The second-order valence-electron chi connectivity index (χ2n) is 10.1. The first-order valence-corrected chi connectivity index (χ1v) is 12.7. The standard InChI is InChI=1S/C30H30ClN3O5/c1-16-24(18-11-13-19(31)14-12-18)25(26(29(36)37)39-30(3,4)5)17(2)32-27(16)34-28(35)22-15-23(38-6)20-9-7-8-10-21(20)33-22/h7-15,26H,1-6H3,(H,36,37)(H,32,34,35)/t26-/m0/s1. The summed E-state index contributed by atoms with van der Waals surface area (Å²) in [5.41, 5.74) is 2.71. The van der Waals surface area contributed by atoms with Crippen LogP contribution in [0.5, 0.6) is 5.75 Å². The summed E-state index contributed by atoms with van der Waals surface area (Å²) in [5, 5.41) is 14.3. The highest BCUT2D eigenvalue weighted by atomic mass is 35.5. The van der Waals surface area contributed by atoms with Gasteiger partial charge in [0.1, 0.15) is 17.3 Å². The maximum Gasteiger partial charge on any atom is 0.337 e. The van der Waals surface area contributed by atoms with E-state index in [1.54, 1.807) is 71.0 Å². The summed E-state index contributed by atoms with van der Waals surface area (Å²) in [5.74, 6) is -0.828. The van der Waals surface area contributed by atoms with Crippen LogP contribution in [0.25, 0.3) is 22.0 Å². The number of methoxy groups -OCH3 is 1. The number of aliphatic carboxylic acids is 1. The number of hydrogen-bond acceptors (Lipinski definition) is 6. The van der Waals surface area contributed by atoms with Gasteiger partial charge in [-0.25, -0.2) is 14.8 Å². The summed E-state index contributed by atoms with van der Waals surface area (Å²) in [7, 11) is 1.54. The van der Waals surface area contributed by atoms with Crippen molar-refractivity contribution in [2.24, 2.45) is 0 Å². The van der Waals surface area contributed by atoms with Gasteiger partial charge in [-0.05, 0) is 70.0 Å². The third kappa shape index (κ3) is 6.02. The molecule has 0 aliphatic rings. The van der Waals surface area contributed by atoms with Gasteiger partial charge in [-0.2, -0.15) is 0 Å². The topological polar surface area (TPSA) is 111 Å². The molecular weight excluding hydrogens is 518 g/mol. The van der Waals surface area contributed by atoms with E-state index < -0.39 is 23.6 Å². The molecule has 0 aliphatic carbocycles. The van der Waals surface area contributed by atoms with Gasteiger partial charge in [0, 0.05) is 33.3 Å². The molecule has 0 bridgehead atoms. The van der Waals surface area contributed by atoms with E-state index in [1.807, 2.05) is 18.2 Å². The second-order valence-corrected chi connectivity index (χ2v) is 10.5. The number of pyridine rings is 2. The van der Waals surface area contributed by atoms with Gasteiger partial charge in [0.25, 0.3) is 5.91 Å². The van der Waals surface area contributed by atoms with Gasteiger partial charge in [-0.3, -0.25) is 4.79 Å². The Bertz CT molecular complexity index is 1560. The minimum absolute atomic E-state index is 0.154. The number of para-hydroxylation sites is 1. The molecular formula is C30H30ClN3O5. The van der Waals surface area contributed by atoms with E-state index in [-0.39, 0.29) is 11.5 Å². The lowest BCUT2D eigenvalue weighted by Gasteiger charge is -2.28. The van der Waals surface area contributed by atoms with Gasteiger partial charge in [-0.1, -0.05) is 35.9 Å². The highest BCUT2D eigenvalue weighted by molar-refractivity contribution is 6.30. The van der Waals surface area contributed by atoms with Crippen molar-refractivity contribution in [3.05, 3.63) is 82.1 Å². The number of carboxylic acids is 1. The summed E-state index contributed by atoms with van der Waals surface area (Å²) in [4.78, 5) is 34.9. The Morgan fingerprint density at radius 1 is 1.03 bits per heavy atom. The highest BCUT2D eigenvalue weighted by Crippen LogP contribution is 2.39. The quantitative estimate of drug-likeness (QED) is 0.262. The number of ether oxygens (including phenoxy) is 2. The summed E-state index contributed by atoms with van der Waals surface area (Å²) < 4.78 is 11.5. The van der Waals surface area contributed by atoms with Crippen molar-refractivity contribution >= 4 is 40.2 Å². The van der Waals surface area contributed by atoms with Gasteiger partial charge >= 0.3 is 5.97 Å². The van der Waals surface area contributed by atoms with Crippen molar-refractivity contribution in [1.29, 1.82) is 0 Å². The molecule has 0 radical (unpaired) electrons. The predicted molar refractivity (Wildman–Crippen MR) is 152 cm³/mol. The highest BCUT2D eigenvalue weighted by Gasteiger charge is 2.33. The largest absolute Gasteiger partial charge is 0.496 e. The van der Waals surface area contributed by atoms with Crippen LogP contribution in [-0.2, 0) is 9.53 Å². The normalized spacial score (nSPS) is 12.3. The van der Waals surface area contributed by atoms with Gasteiger partial charge < -0.3 is 19.9 Å². The van der Waals surface area contributed by atoms with E-state index >= 15 is 0 Å². The molecule has 0 fully saturated rings. The van der Waals surface area contributed by atoms with Crippen LogP contribution in [0.2, 0.25) is 5.02 Å². The molecule has 0 saturated heterocycles. The van der Waals surface area contributed by atoms with Crippen molar-refractivity contribution < 1.29 is 24.2 Å². The number of carbonyl (C=O) groups is 2. The molecule has 1 atom stereocenters. The van der Waals surface area contributed by atoms with Gasteiger partial charge in [0.15, 0.2) is 6.10 Å². The Kier molecular flexibility index (Phi) is 7.90. The minimum atomic E-state index is -1.29. The number of aryl methyl sites for hydroxylation is 1. The van der Waals surface area contributed by atoms with Crippen LogP contribution in [-0.4, -0.2) is 39.7 Å². The molecule has 1 amide bonds. The number of nitrogens with zero attached hydrogens (tertiary/aromatic N) is 2. The molecule has 2 aromatic heterocycles. The van der Waals surface area contributed by atoms with Gasteiger partial charge in [0.05, 0.1) is 18.2 Å². The monoisotopic (exact) mass is 547 g/mol. The summed E-state index contributed by atoms with van der Waals surface area (Å²) in [6.45, 7) is 8.85. The van der Waals surface area contributed by atoms with Crippen LogP contribution < -0.4 is 10.1 Å². The maximum absolute atomic E-state index is 13.4. The van der Waals surface area contributed by atoms with E-state index in [1.165, 1.54) is 7.11 Å². The minimum Gasteiger partial charge on any atom is -0.496 e. The molecule has 9 heteroatoms. The number of carboxylic acid groups (broad SMARTS) is 1. The summed E-state index contributed by atoms with van der Waals surface area (Å²) in [6.07, 6.45) is -1.29. The molecule has 0 saturated carbocycles. The Morgan fingerprint density at radius 2 is 1.69 bits per heavy atom. The van der Waals surface area contributed by atoms with Gasteiger partial charge in [-0.15, -0.1) is 0 Å².